The van der Waals surface area contributed by atoms with Crippen molar-refractivity contribution >= 4 is 5.91 Å². The summed E-state index contributed by atoms with van der Waals surface area (Å²) in [5.41, 5.74) is 1.79. The summed E-state index contributed by atoms with van der Waals surface area (Å²) in [4.78, 5) is 10.9. The van der Waals surface area contributed by atoms with Crippen LogP contribution in [-0.4, -0.2) is 12.1 Å². The van der Waals surface area contributed by atoms with Crippen molar-refractivity contribution in [2.24, 2.45) is 0 Å². The van der Waals surface area contributed by atoms with Crippen molar-refractivity contribution in [3.8, 4) is 0 Å². The maximum atomic E-state index is 13.5. The molecule has 0 radical (unpaired) electrons. The first kappa shape index (κ1) is 10.7. The number of rotatable bonds is 2. The number of halogens is 1. The number of carbonyl (C=O) groups excluding carboxylic acids is 1. The van der Waals surface area contributed by atoms with Gasteiger partial charge in [-0.1, -0.05) is 18.7 Å². The van der Waals surface area contributed by atoms with E-state index in [4.69, 9.17) is 0 Å². The topological polar surface area (TPSA) is 29.1 Å². The molecule has 0 aromatic rings. The molecule has 0 fully saturated rings. The average molecular weight is 195 g/mol. The molecule has 3 heteroatoms. The number of carbonyl (C=O) groups is 1. The molecular weight excluding hydrogens is 181 g/mol. The predicted molar refractivity (Wildman–Crippen MR) is 54.3 cm³/mol. The van der Waals surface area contributed by atoms with E-state index in [1.807, 2.05) is 0 Å². The molecule has 1 rings (SSSR count). The van der Waals surface area contributed by atoms with Crippen LogP contribution in [0, 0.1) is 0 Å². The van der Waals surface area contributed by atoms with Crippen molar-refractivity contribution in [2.45, 2.75) is 26.4 Å². The van der Waals surface area contributed by atoms with E-state index in [9.17, 15) is 9.18 Å². The fraction of sp³-hybridized carbons (Fsp3) is 0.364. The minimum atomic E-state index is -1.13. The summed E-state index contributed by atoms with van der Waals surface area (Å²) in [7, 11) is 0. The molecule has 0 aliphatic heterocycles. The van der Waals surface area contributed by atoms with Crippen LogP contribution >= 0.6 is 0 Å². The molecule has 0 saturated carbocycles. The fourth-order valence-corrected chi connectivity index (χ4v) is 1.39. The van der Waals surface area contributed by atoms with Crippen molar-refractivity contribution in [3.63, 3.8) is 0 Å². The maximum absolute atomic E-state index is 13.5. The second-order valence-electron chi connectivity index (χ2n) is 3.39. The van der Waals surface area contributed by atoms with Gasteiger partial charge in [-0.2, -0.15) is 0 Å². The molecule has 76 valence electrons. The second-order valence-corrected chi connectivity index (χ2v) is 3.39. The molecule has 1 amide bonds. The number of alkyl halides is 1. The third-order valence-corrected chi connectivity index (χ3v) is 2.00. The maximum Gasteiger partial charge on any atom is 0.221 e. The van der Waals surface area contributed by atoms with Crippen LogP contribution in [0.1, 0.15) is 20.3 Å². The quantitative estimate of drug-likeness (QED) is 0.719. The van der Waals surface area contributed by atoms with Crippen molar-refractivity contribution in [1.29, 1.82) is 0 Å². The second kappa shape index (κ2) is 4.22. The largest absolute Gasteiger partial charge is 0.327 e. The molecule has 1 atom stereocenters. The van der Waals surface area contributed by atoms with Crippen LogP contribution in [0.5, 0.6) is 0 Å². The zero-order valence-corrected chi connectivity index (χ0v) is 8.43. The highest BCUT2D eigenvalue weighted by Gasteiger charge is 2.20. The van der Waals surface area contributed by atoms with E-state index in [-0.39, 0.29) is 5.91 Å². The first-order valence-electron chi connectivity index (χ1n) is 4.50. The van der Waals surface area contributed by atoms with Gasteiger partial charge in [0, 0.05) is 13.3 Å². The van der Waals surface area contributed by atoms with Gasteiger partial charge in [-0.15, -0.1) is 0 Å². The Balaban J connectivity index is 3.04. The smallest absolute Gasteiger partial charge is 0.221 e. The Kier molecular flexibility index (Phi) is 3.23. The van der Waals surface area contributed by atoms with Gasteiger partial charge in [0.25, 0.3) is 0 Å². The summed E-state index contributed by atoms with van der Waals surface area (Å²) in [5, 5.41) is 2.52. The van der Waals surface area contributed by atoms with E-state index >= 15 is 0 Å². The summed E-state index contributed by atoms with van der Waals surface area (Å²) in [6.45, 7) is 6.90. The van der Waals surface area contributed by atoms with E-state index in [2.05, 4.69) is 11.9 Å². The summed E-state index contributed by atoms with van der Waals surface area (Å²) in [5.74, 6) is -0.253. The van der Waals surface area contributed by atoms with Gasteiger partial charge in [0.2, 0.25) is 5.91 Å². The number of allylic oxidation sites excluding steroid dienone is 5. The molecule has 0 spiro atoms. The molecule has 1 aliphatic carbocycles. The lowest BCUT2D eigenvalue weighted by Crippen LogP contribution is -2.28. The van der Waals surface area contributed by atoms with E-state index in [0.29, 0.717) is 17.7 Å². The molecule has 1 unspecified atom stereocenters. The fourth-order valence-electron chi connectivity index (χ4n) is 1.39. The summed E-state index contributed by atoms with van der Waals surface area (Å²) in [6, 6.07) is 0. The highest BCUT2D eigenvalue weighted by molar-refractivity contribution is 5.76. The lowest BCUT2D eigenvalue weighted by atomic mass is 9.97. The van der Waals surface area contributed by atoms with Gasteiger partial charge in [-0.3, -0.25) is 4.79 Å². The molecule has 0 aromatic heterocycles. The number of hydrogen-bond acceptors (Lipinski definition) is 1. The van der Waals surface area contributed by atoms with Crippen LogP contribution < -0.4 is 5.32 Å². The number of nitrogens with one attached hydrogen (secondary N) is 1. The van der Waals surface area contributed by atoms with Crippen LogP contribution in [0.15, 0.2) is 35.6 Å². The number of amides is 1. The van der Waals surface area contributed by atoms with Gasteiger partial charge < -0.3 is 5.32 Å². The predicted octanol–water partition coefficient (Wildman–Crippen LogP) is 2.25. The zero-order valence-electron chi connectivity index (χ0n) is 8.43. The minimum absolute atomic E-state index is 0.253. The average Bonchev–Trinajstić information content (AvgIpc) is 2.07. The van der Waals surface area contributed by atoms with Crippen LogP contribution in [0.3, 0.4) is 0 Å². The Morgan fingerprint density at radius 2 is 2.29 bits per heavy atom. The van der Waals surface area contributed by atoms with E-state index < -0.39 is 6.17 Å². The Labute approximate surface area is 83.2 Å². The third kappa shape index (κ3) is 2.31. The molecular formula is C11H14FNO. The third-order valence-electron chi connectivity index (χ3n) is 2.00. The van der Waals surface area contributed by atoms with Gasteiger partial charge >= 0.3 is 0 Å². The minimum Gasteiger partial charge on any atom is -0.327 e. The summed E-state index contributed by atoms with van der Waals surface area (Å²) >= 11 is 0. The van der Waals surface area contributed by atoms with Gasteiger partial charge in [0.05, 0.1) is 5.70 Å². The lowest BCUT2D eigenvalue weighted by Gasteiger charge is -2.19. The van der Waals surface area contributed by atoms with Crippen molar-refractivity contribution in [3.05, 3.63) is 35.6 Å². The zero-order chi connectivity index (χ0) is 10.7. The van der Waals surface area contributed by atoms with Gasteiger partial charge in [-0.25, -0.2) is 4.39 Å². The SMILES string of the molecule is C=C(C)C1=C(NC(C)=O)C(F)CC=C1. The summed E-state index contributed by atoms with van der Waals surface area (Å²) in [6.07, 6.45) is 2.73. The molecule has 1 N–H and O–H groups in total. The monoisotopic (exact) mass is 195 g/mol. The van der Waals surface area contributed by atoms with Crippen molar-refractivity contribution in [1.82, 2.24) is 5.32 Å². The Morgan fingerprint density at radius 3 is 2.79 bits per heavy atom. The lowest BCUT2D eigenvalue weighted by molar-refractivity contribution is -0.118. The van der Waals surface area contributed by atoms with E-state index in [1.54, 1.807) is 19.1 Å². The Bertz CT molecular complexity index is 328. The molecule has 0 saturated heterocycles. The first-order valence-corrected chi connectivity index (χ1v) is 4.50. The van der Waals surface area contributed by atoms with Crippen LogP contribution in [-0.2, 0) is 4.79 Å². The normalized spacial score (nSPS) is 20.9. The summed E-state index contributed by atoms with van der Waals surface area (Å²) < 4.78 is 13.5. The van der Waals surface area contributed by atoms with Crippen LogP contribution in [0.2, 0.25) is 0 Å². The molecule has 0 heterocycles. The first-order chi connectivity index (χ1) is 6.52. The van der Waals surface area contributed by atoms with Gasteiger partial charge in [0.15, 0.2) is 0 Å². The van der Waals surface area contributed by atoms with Crippen LogP contribution in [0.25, 0.3) is 0 Å². The molecule has 1 aliphatic rings. The van der Waals surface area contributed by atoms with E-state index in [1.165, 1.54) is 6.92 Å². The highest BCUT2D eigenvalue weighted by Crippen LogP contribution is 2.24. The van der Waals surface area contributed by atoms with Crippen molar-refractivity contribution < 1.29 is 9.18 Å². The van der Waals surface area contributed by atoms with E-state index in [0.717, 1.165) is 5.57 Å². The van der Waals surface area contributed by atoms with Gasteiger partial charge in [0.1, 0.15) is 6.17 Å². The molecule has 2 nitrogen and oxygen atoms in total. The highest BCUT2D eigenvalue weighted by atomic mass is 19.1. The Morgan fingerprint density at radius 1 is 1.64 bits per heavy atom. The molecule has 14 heavy (non-hydrogen) atoms. The molecule has 0 bridgehead atoms. The van der Waals surface area contributed by atoms with Crippen molar-refractivity contribution in [2.75, 3.05) is 0 Å². The van der Waals surface area contributed by atoms with Gasteiger partial charge in [-0.05, 0) is 18.1 Å². The standard InChI is InChI=1S/C11H14FNO/c1-7(2)9-5-4-6-10(12)11(9)13-8(3)14/h4-5,10H,1,6H2,2-3H3,(H,13,14). The number of hydrogen-bond donors (Lipinski definition) is 1. The molecule has 0 aromatic carbocycles. The Hall–Kier alpha value is -1.38. The van der Waals surface area contributed by atoms with Crippen LogP contribution in [0.4, 0.5) is 4.39 Å².